The molecule has 26 heavy (non-hydrogen) atoms. The summed E-state index contributed by atoms with van der Waals surface area (Å²) in [5.74, 6) is 0.244. The maximum atomic E-state index is 13.5. The summed E-state index contributed by atoms with van der Waals surface area (Å²) in [5.41, 5.74) is 1.45. The maximum Gasteiger partial charge on any atom is 0.416 e. The van der Waals surface area contributed by atoms with Gasteiger partial charge < -0.3 is 0 Å². The van der Waals surface area contributed by atoms with Gasteiger partial charge in [0.2, 0.25) is 0 Å². The van der Waals surface area contributed by atoms with E-state index in [-0.39, 0.29) is 5.69 Å². The van der Waals surface area contributed by atoms with Crippen molar-refractivity contribution in [1.29, 1.82) is 0 Å². The highest BCUT2D eigenvalue weighted by Crippen LogP contribution is 2.35. The second kappa shape index (κ2) is 6.94. The molecule has 3 rings (SSSR count). The summed E-state index contributed by atoms with van der Waals surface area (Å²) in [5, 5.41) is 15.2. The summed E-state index contributed by atoms with van der Waals surface area (Å²) in [7, 11) is 0. The number of nitrogens with zero attached hydrogens (tertiary/aromatic N) is 2. The Morgan fingerprint density at radius 1 is 1.19 bits per heavy atom. The average molecular weight is 385 g/mol. The first kappa shape index (κ1) is 18.2. The van der Waals surface area contributed by atoms with Gasteiger partial charge in [0.05, 0.1) is 16.2 Å². The normalized spacial score (nSPS) is 15.6. The lowest BCUT2D eigenvalue weighted by Gasteiger charge is -2.17. The van der Waals surface area contributed by atoms with Crippen molar-refractivity contribution in [3.8, 4) is 0 Å². The number of fused-ring (bicyclic) bond motifs is 1. The van der Waals surface area contributed by atoms with Crippen LogP contribution in [0.2, 0.25) is 0 Å². The van der Waals surface area contributed by atoms with Gasteiger partial charge in [-0.15, -0.1) is 11.8 Å². The third-order valence-corrected chi connectivity index (χ3v) is 4.76. The third kappa shape index (κ3) is 3.79. The molecule has 136 valence electrons. The first-order valence-electron chi connectivity index (χ1n) is 7.36. The predicted octanol–water partition coefficient (Wildman–Crippen LogP) is 5.06. The van der Waals surface area contributed by atoms with E-state index in [0.29, 0.717) is 29.5 Å². The number of nitrogens with one attached hydrogen (secondary N) is 1. The van der Waals surface area contributed by atoms with Crippen molar-refractivity contribution in [2.75, 3.05) is 11.2 Å². The molecule has 1 aliphatic heterocycles. The van der Waals surface area contributed by atoms with Gasteiger partial charge >= 0.3 is 6.18 Å². The number of nitro groups is 1. The molecular weight excluding hydrogens is 374 g/mol. The molecule has 1 N–H and O–H groups in total. The molecule has 2 aromatic rings. The summed E-state index contributed by atoms with van der Waals surface area (Å²) in [6.07, 6.45) is -4.20. The summed E-state index contributed by atoms with van der Waals surface area (Å²) < 4.78 is 51.7. The van der Waals surface area contributed by atoms with E-state index in [9.17, 15) is 27.7 Å². The van der Waals surface area contributed by atoms with Gasteiger partial charge in [0.25, 0.3) is 5.69 Å². The first-order chi connectivity index (χ1) is 12.3. The highest BCUT2D eigenvalue weighted by Gasteiger charge is 2.33. The molecule has 0 saturated carbocycles. The van der Waals surface area contributed by atoms with E-state index in [4.69, 9.17) is 0 Å². The Hall–Kier alpha value is -2.62. The van der Waals surface area contributed by atoms with Gasteiger partial charge in [0, 0.05) is 28.7 Å². The molecule has 0 aliphatic carbocycles. The van der Waals surface area contributed by atoms with Crippen molar-refractivity contribution in [3.63, 3.8) is 0 Å². The number of hydrogen-bond donors (Lipinski definition) is 1. The van der Waals surface area contributed by atoms with Gasteiger partial charge in [-0.25, -0.2) is 4.39 Å². The Morgan fingerprint density at radius 2 is 1.96 bits per heavy atom. The van der Waals surface area contributed by atoms with Crippen LogP contribution in [0.25, 0.3) is 0 Å². The monoisotopic (exact) mass is 385 g/mol. The lowest BCUT2D eigenvalue weighted by molar-refractivity contribution is -0.384. The number of anilines is 1. The summed E-state index contributed by atoms with van der Waals surface area (Å²) in [4.78, 5) is 11.0. The Kier molecular flexibility index (Phi) is 4.86. The summed E-state index contributed by atoms with van der Waals surface area (Å²) in [6.45, 7) is 0. The number of hydrogen-bond acceptors (Lipinski definition) is 5. The number of benzene rings is 2. The molecular formula is C16H11F4N3O2S. The summed E-state index contributed by atoms with van der Waals surface area (Å²) in [6, 6.07) is 6.39. The van der Waals surface area contributed by atoms with Crippen LogP contribution in [-0.4, -0.2) is 16.4 Å². The molecule has 0 radical (unpaired) electrons. The molecule has 5 nitrogen and oxygen atoms in total. The molecule has 2 aromatic carbocycles. The SMILES string of the molecule is O=[N+]([O-])c1cc(C(F)(F)F)ccc1N/N=C1\CCSc2ccc(F)cc21. The van der Waals surface area contributed by atoms with Crippen LogP contribution in [0.4, 0.5) is 28.9 Å². The smallest absolute Gasteiger partial charge is 0.271 e. The molecule has 0 amide bonds. The fraction of sp³-hybridized carbons (Fsp3) is 0.188. The first-order valence-corrected chi connectivity index (χ1v) is 8.35. The number of rotatable bonds is 3. The van der Waals surface area contributed by atoms with Crippen LogP contribution < -0.4 is 5.43 Å². The number of hydrazone groups is 1. The molecule has 0 fully saturated rings. The Balaban J connectivity index is 1.94. The number of nitro benzene ring substituents is 1. The minimum Gasteiger partial charge on any atom is -0.271 e. The van der Waals surface area contributed by atoms with Gasteiger partial charge in [-0.2, -0.15) is 18.3 Å². The fourth-order valence-corrected chi connectivity index (χ4v) is 3.46. The summed E-state index contributed by atoms with van der Waals surface area (Å²) >= 11 is 1.53. The Morgan fingerprint density at radius 3 is 2.65 bits per heavy atom. The van der Waals surface area contributed by atoms with Crippen LogP contribution in [0.3, 0.4) is 0 Å². The van der Waals surface area contributed by atoms with Crippen molar-refractivity contribution in [2.24, 2.45) is 5.10 Å². The molecule has 0 atom stereocenters. The average Bonchev–Trinajstić information content (AvgIpc) is 2.58. The highest BCUT2D eigenvalue weighted by atomic mass is 32.2. The molecule has 0 aromatic heterocycles. The van der Waals surface area contributed by atoms with Crippen molar-refractivity contribution >= 4 is 28.8 Å². The molecule has 1 heterocycles. The van der Waals surface area contributed by atoms with Crippen molar-refractivity contribution in [1.82, 2.24) is 0 Å². The lowest BCUT2D eigenvalue weighted by atomic mass is 10.1. The van der Waals surface area contributed by atoms with Crippen LogP contribution >= 0.6 is 11.8 Å². The van der Waals surface area contributed by atoms with Crippen molar-refractivity contribution in [3.05, 3.63) is 63.5 Å². The quantitative estimate of drug-likeness (QED) is 0.455. The van der Waals surface area contributed by atoms with Crippen LogP contribution in [0.5, 0.6) is 0 Å². The van der Waals surface area contributed by atoms with Crippen molar-refractivity contribution in [2.45, 2.75) is 17.5 Å². The number of alkyl halides is 3. The zero-order chi connectivity index (χ0) is 18.9. The molecule has 0 saturated heterocycles. The van der Waals surface area contributed by atoms with Crippen LogP contribution in [-0.2, 0) is 6.18 Å². The largest absolute Gasteiger partial charge is 0.416 e. The lowest BCUT2D eigenvalue weighted by Crippen LogP contribution is -2.12. The Labute approximate surface area is 149 Å². The second-order valence-electron chi connectivity index (χ2n) is 5.40. The zero-order valence-electron chi connectivity index (χ0n) is 13.0. The van der Waals surface area contributed by atoms with Crippen LogP contribution in [0, 0.1) is 15.9 Å². The standard InChI is InChI=1S/C16H11F4N3O2S/c17-10-2-4-15-11(8-10)12(5-6-26-15)21-22-13-3-1-9(16(18,19)20)7-14(13)23(24)25/h1-4,7-8,22H,5-6H2/b21-12+. The van der Waals surface area contributed by atoms with Gasteiger partial charge in [-0.05, 0) is 30.3 Å². The third-order valence-electron chi connectivity index (χ3n) is 3.68. The van der Waals surface area contributed by atoms with Crippen molar-refractivity contribution < 1.29 is 22.5 Å². The van der Waals surface area contributed by atoms with Gasteiger partial charge in [0.15, 0.2) is 0 Å². The topological polar surface area (TPSA) is 67.5 Å². The molecule has 1 aliphatic rings. The molecule has 0 unspecified atom stereocenters. The van der Waals surface area contributed by atoms with Gasteiger partial charge in [-0.3, -0.25) is 15.5 Å². The highest BCUT2D eigenvalue weighted by molar-refractivity contribution is 7.99. The van der Waals surface area contributed by atoms with Crippen LogP contribution in [0.1, 0.15) is 17.5 Å². The zero-order valence-corrected chi connectivity index (χ0v) is 13.8. The Bertz CT molecular complexity index is 900. The maximum absolute atomic E-state index is 13.5. The van der Waals surface area contributed by atoms with E-state index in [2.05, 4.69) is 10.5 Å². The second-order valence-corrected chi connectivity index (χ2v) is 6.53. The molecule has 10 heteroatoms. The number of halogens is 4. The van der Waals surface area contributed by atoms with Crippen LogP contribution in [0.15, 0.2) is 46.4 Å². The van der Waals surface area contributed by atoms with Gasteiger partial charge in [-0.1, -0.05) is 0 Å². The van der Waals surface area contributed by atoms with E-state index in [1.807, 2.05) is 0 Å². The minimum atomic E-state index is -4.69. The fourth-order valence-electron chi connectivity index (χ4n) is 2.44. The van der Waals surface area contributed by atoms with Gasteiger partial charge in [0.1, 0.15) is 11.5 Å². The van der Waals surface area contributed by atoms with E-state index >= 15 is 0 Å². The minimum absolute atomic E-state index is 0.174. The molecule has 0 spiro atoms. The van der Waals surface area contributed by atoms with E-state index < -0.39 is 28.2 Å². The molecule has 0 bridgehead atoms. The van der Waals surface area contributed by atoms with E-state index in [0.717, 1.165) is 17.0 Å². The van der Waals surface area contributed by atoms with E-state index in [1.165, 1.54) is 23.9 Å². The van der Waals surface area contributed by atoms with E-state index in [1.54, 1.807) is 6.07 Å². The number of thioether (sulfide) groups is 1. The predicted molar refractivity (Wildman–Crippen MR) is 90.0 cm³/mol.